The van der Waals surface area contributed by atoms with Gasteiger partial charge in [-0.05, 0) is 49.1 Å². The van der Waals surface area contributed by atoms with Gasteiger partial charge in [-0.2, -0.15) is 0 Å². The van der Waals surface area contributed by atoms with Crippen LogP contribution in [0.2, 0.25) is 0 Å². The Morgan fingerprint density at radius 2 is 1.88 bits per heavy atom. The third-order valence-electron chi connectivity index (χ3n) is 4.27. The predicted molar refractivity (Wildman–Crippen MR) is 103 cm³/mol. The van der Waals surface area contributed by atoms with Crippen molar-refractivity contribution in [2.24, 2.45) is 0 Å². The second-order valence-corrected chi connectivity index (χ2v) is 7.01. The highest BCUT2D eigenvalue weighted by Gasteiger charge is 2.28. The zero-order valence-electron chi connectivity index (χ0n) is 14.7. The number of methoxy groups -OCH3 is 2. The Hall–Kier alpha value is -2.60. The third-order valence-corrected chi connectivity index (χ3v) is 5.10. The van der Waals surface area contributed by atoms with Gasteiger partial charge in [0.1, 0.15) is 11.5 Å². The first-order valence-corrected chi connectivity index (χ1v) is 9.29. The van der Waals surface area contributed by atoms with Crippen molar-refractivity contribution in [2.45, 2.75) is 23.7 Å². The zero-order valence-corrected chi connectivity index (χ0v) is 15.5. The maximum absolute atomic E-state index is 5.85. The van der Waals surface area contributed by atoms with Gasteiger partial charge in [0, 0.05) is 22.4 Å². The molecule has 26 heavy (non-hydrogen) atoms. The fraction of sp³-hybridized carbons (Fsp3) is 0.250. The van der Waals surface area contributed by atoms with E-state index in [0.29, 0.717) is 5.92 Å². The molecule has 1 N–H and O–H groups in total. The Balaban J connectivity index is 1.44. The molecule has 134 valence electrons. The Morgan fingerprint density at radius 3 is 2.58 bits per heavy atom. The first kappa shape index (κ1) is 16.8. The molecule has 4 rings (SSSR count). The van der Waals surface area contributed by atoms with Crippen molar-refractivity contribution < 1.29 is 13.9 Å². The van der Waals surface area contributed by atoms with E-state index in [4.69, 9.17) is 13.9 Å². The number of aromatic nitrogens is 1. The number of benzene rings is 2. The lowest BCUT2D eigenvalue weighted by Gasteiger charge is -2.12. The number of nitrogens with one attached hydrogen (secondary N) is 1. The summed E-state index contributed by atoms with van der Waals surface area (Å²) in [6, 6.07) is 13.9. The maximum Gasteiger partial charge on any atom is 0.198 e. The van der Waals surface area contributed by atoms with Crippen LogP contribution in [0.3, 0.4) is 0 Å². The summed E-state index contributed by atoms with van der Waals surface area (Å²) in [5, 5.41) is 0. The Labute approximate surface area is 156 Å². The average molecular weight is 368 g/mol. The van der Waals surface area contributed by atoms with Gasteiger partial charge in [0.15, 0.2) is 11.7 Å². The Morgan fingerprint density at radius 1 is 1.08 bits per heavy atom. The van der Waals surface area contributed by atoms with Crippen LogP contribution in [0.5, 0.6) is 11.5 Å². The van der Waals surface area contributed by atoms with Gasteiger partial charge in [-0.15, -0.1) is 0 Å². The van der Waals surface area contributed by atoms with Crippen LogP contribution >= 0.6 is 11.9 Å². The van der Waals surface area contributed by atoms with Crippen LogP contribution in [0.25, 0.3) is 11.3 Å². The molecule has 1 aromatic heterocycles. The monoisotopic (exact) mass is 368 g/mol. The fourth-order valence-corrected chi connectivity index (χ4v) is 3.29. The van der Waals surface area contributed by atoms with Crippen LogP contribution in [0.15, 0.2) is 58.0 Å². The normalized spacial score (nSPS) is 13.5. The van der Waals surface area contributed by atoms with E-state index < -0.39 is 0 Å². The smallest absolute Gasteiger partial charge is 0.198 e. The molecule has 1 heterocycles. The standard InChI is InChI=1S/C20H20N2O3S/c1-23-15-7-10-18(24-2)17(11-15)22-26-16-8-5-13(6-9-16)19-12-21-20(25-19)14-3-4-14/h5-12,14,22H,3-4H2,1-2H3. The quantitative estimate of drug-likeness (QED) is 0.567. The van der Waals surface area contributed by atoms with Crippen molar-refractivity contribution >= 4 is 17.6 Å². The summed E-state index contributed by atoms with van der Waals surface area (Å²) < 4.78 is 19.8. The first-order chi connectivity index (χ1) is 12.8. The first-order valence-electron chi connectivity index (χ1n) is 8.48. The van der Waals surface area contributed by atoms with E-state index >= 15 is 0 Å². The van der Waals surface area contributed by atoms with E-state index in [1.165, 1.54) is 24.8 Å². The second kappa shape index (κ2) is 7.33. The lowest BCUT2D eigenvalue weighted by molar-refractivity contribution is 0.405. The average Bonchev–Trinajstić information content (AvgIpc) is 3.43. The number of nitrogens with zero attached hydrogens (tertiary/aromatic N) is 1. The summed E-state index contributed by atoms with van der Waals surface area (Å²) in [7, 11) is 3.30. The molecule has 0 unspecified atom stereocenters. The number of hydrogen-bond acceptors (Lipinski definition) is 6. The molecular weight excluding hydrogens is 348 g/mol. The number of rotatable bonds is 7. The van der Waals surface area contributed by atoms with Gasteiger partial charge in [0.2, 0.25) is 0 Å². The summed E-state index contributed by atoms with van der Waals surface area (Å²) in [5.41, 5.74) is 1.90. The predicted octanol–water partition coefficient (Wildman–Crippen LogP) is 5.36. The maximum atomic E-state index is 5.85. The van der Waals surface area contributed by atoms with Gasteiger partial charge in [-0.25, -0.2) is 4.98 Å². The lowest BCUT2D eigenvalue weighted by Crippen LogP contribution is -1.93. The second-order valence-electron chi connectivity index (χ2n) is 6.13. The van der Waals surface area contributed by atoms with E-state index in [1.807, 2.05) is 36.5 Å². The van der Waals surface area contributed by atoms with E-state index in [2.05, 4.69) is 21.8 Å². The number of ether oxygens (including phenoxy) is 2. The number of anilines is 1. The van der Waals surface area contributed by atoms with Crippen LogP contribution in [0, 0.1) is 0 Å². The van der Waals surface area contributed by atoms with E-state index in [9.17, 15) is 0 Å². The minimum Gasteiger partial charge on any atom is -0.497 e. The topological polar surface area (TPSA) is 56.5 Å². The fourth-order valence-electron chi connectivity index (χ4n) is 2.64. The molecule has 1 aliphatic carbocycles. The van der Waals surface area contributed by atoms with Gasteiger partial charge in [-0.1, -0.05) is 12.1 Å². The molecule has 0 atom stereocenters. The molecule has 5 nitrogen and oxygen atoms in total. The van der Waals surface area contributed by atoms with Crippen LogP contribution < -0.4 is 14.2 Å². The summed E-state index contributed by atoms with van der Waals surface area (Å²) >= 11 is 1.51. The molecule has 1 saturated carbocycles. The van der Waals surface area contributed by atoms with Crippen LogP contribution in [0.4, 0.5) is 5.69 Å². The summed E-state index contributed by atoms with van der Waals surface area (Å²) in [5.74, 6) is 3.77. The van der Waals surface area contributed by atoms with E-state index in [0.717, 1.165) is 39.3 Å². The van der Waals surface area contributed by atoms with Gasteiger partial charge in [0.25, 0.3) is 0 Å². The molecule has 0 spiro atoms. The molecule has 1 aliphatic rings. The molecule has 0 radical (unpaired) electrons. The lowest BCUT2D eigenvalue weighted by atomic mass is 10.2. The summed E-state index contributed by atoms with van der Waals surface area (Å²) in [6.07, 6.45) is 4.19. The van der Waals surface area contributed by atoms with Crippen LogP contribution in [0.1, 0.15) is 24.7 Å². The Kier molecular flexibility index (Phi) is 4.75. The molecular formula is C20H20N2O3S. The Bertz CT molecular complexity index is 888. The van der Waals surface area contributed by atoms with Crippen molar-refractivity contribution in [3.63, 3.8) is 0 Å². The minimum absolute atomic E-state index is 0.528. The molecule has 6 heteroatoms. The van der Waals surface area contributed by atoms with Gasteiger partial charge < -0.3 is 18.6 Å². The molecule has 0 bridgehead atoms. The summed E-state index contributed by atoms with van der Waals surface area (Å²) in [6.45, 7) is 0. The molecule has 1 fully saturated rings. The van der Waals surface area contributed by atoms with Crippen LogP contribution in [-0.4, -0.2) is 19.2 Å². The molecule has 0 aliphatic heterocycles. The van der Waals surface area contributed by atoms with E-state index in [-0.39, 0.29) is 0 Å². The van der Waals surface area contributed by atoms with Gasteiger partial charge >= 0.3 is 0 Å². The highest BCUT2D eigenvalue weighted by Crippen LogP contribution is 2.40. The molecule has 0 amide bonds. The largest absolute Gasteiger partial charge is 0.497 e. The van der Waals surface area contributed by atoms with Crippen molar-refractivity contribution in [1.29, 1.82) is 0 Å². The minimum atomic E-state index is 0.528. The van der Waals surface area contributed by atoms with E-state index in [1.54, 1.807) is 14.2 Å². The molecule has 2 aromatic carbocycles. The van der Waals surface area contributed by atoms with Crippen molar-refractivity contribution in [2.75, 3.05) is 18.9 Å². The highest BCUT2D eigenvalue weighted by molar-refractivity contribution is 8.00. The van der Waals surface area contributed by atoms with Crippen LogP contribution in [-0.2, 0) is 0 Å². The number of hydrogen-bond donors (Lipinski definition) is 1. The van der Waals surface area contributed by atoms with Gasteiger partial charge in [0.05, 0.1) is 26.1 Å². The zero-order chi connectivity index (χ0) is 17.9. The van der Waals surface area contributed by atoms with Crippen molar-refractivity contribution in [3.8, 4) is 22.8 Å². The highest BCUT2D eigenvalue weighted by atomic mass is 32.2. The third kappa shape index (κ3) is 3.65. The molecule has 0 saturated heterocycles. The molecule has 3 aromatic rings. The number of oxazole rings is 1. The van der Waals surface area contributed by atoms with Crippen molar-refractivity contribution in [1.82, 2.24) is 4.98 Å². The van der Waals surface area contributed by atoms with Gasteiger partial charge in [-0.3, -0.25) is 0 Å². The summed E-state index contributed by atoms with van der Waals surface area (Å²) in [4.78, 5) is 5.46. The SMILES string of the molecule is COc1ccc(OC)c(NSc2ccc(-c3cnc(C4CC4)o3)cc2)c1. The van der Waals surface area contributed by atoms with Crippen molar-refractivity contribution in [3.05, 3.63) is 54.6 Å².